The van der Waals surface area contributed by atoms with Crippen LogP contribution in [0.2, 0.25) is 0 Å². The fraction of sp³-hybridized carbons (Fsp3) is 0.852. The highest BCUT2D eigenvalue weighted by atomic mass is 16.6. The molecule has 0 saturated carbocycles. The van der Waals surface area contributed by atoms with E-state index in [4.69, 9.17) is 18.9 Å². The van der Waals surface area contributed by atoms with Gasteiger partial charge in [-0.05, 0) is 41.9 Å². The van der Waals surface area contributed by atoms with Crippen molar-refractivity contribution >= 4 is 11.9 Å². The Bertz CT molecular complexity index is 617. The first-order chi connectivity index (χ1) is 15.6. The Hall–Kier alpha value is -1.44. The van der Waals surface area contributed by atoms with E-state index in [1.54, 1.807) is 7.11 Å². The lowest BCUT2D eigenvalue weighted by atomic mass is 9.66. The maximum atomic E-state index is 12.6. The van der Waals surface area contributed by atoms with Crippen molar-refractivity contribution in [1.29, 1.82) is 0 Å². The molecule has 200 valence electrons. The van der Waals surface area contributed by atoms with Gasteiger partial charge in [0, 0.05) is 7.11 Å². The lowest BCUT2D eigenvalue weighted by Gasteiger charge is -2.39. The van der Waals surface area contributed by atoms with Crippen LogP contribution in [0, 0.1) is 22.2 Å². The zero-order valence-electron chi connectivity index (χ0n) is 23.0. The number of methoxy groups -OCH3 is 1. The van der Waals surface area contributed by atoms with Crippen molar-refractivity contribution < 1.29 is 33.6 Å². The molecule has 0 amide bonds. The van der Waals surface area contributed by atoms with Crippen LogP contribution in [0.3, 0.4) is 0 Å². The predicted octanol–water partition coefficient (Wildman–Crippen LogP) is 5.52. The van der Waals surface area contributed by atoms with E-state index in [1.165, 1.54) is 0 Å². The van der Waals surface area contributed by atoms with Crippen LogP contribution >= 0.6 is 0 Å². The third kappa shape index (κ3) is 18.0. The smallest absolute Gasteiger partial charge is 0.309 e. The summed E-state index contributed by atoms with van der Waals surface area (Å²) in [6.45, 7) is 22.1. The number of carboxylic acid groups (broad SMARTS) is 1. The van der Waals surface area contributed by atoms with E-state index in [1.807, 2.05) is 0 Å². The van der Waals surface area contributed by atoms with Crippen LogP contribution < -0.4 is 0 Å². The van der Waals surface area contributed by atoms with Crippen molar-refractivity contribution in [2.45, 2.75) is 80.6 Å². The molecule has 0 fully saturated rings. The largest absolute Gasteiger partial charge is 0.481 e. The fourth-order valence-corrected chi connectivity index (χ4v) is 5.19. The number of aliphatic carboxylic acids is 1. The molecule has 1 unspecified atom stereocenters. The number of carbonyl (C=O) groups is 2. The molecule has 7 nitrogen and oxygen atoms in total. The van der Waals surface area contributed by atoms with E-state index in [2.05, 4.69) is 55.0 Å². The number of hydrogen-bond donors (Lipinski definition) is 1. The molecule has 0 aromatic carbocycles. The minimum atomic E-state index is -1.02. The van der Waals surface area contributed by atoms with Crippen molar-refractivity contribution in [3.05, 3.63) is 12.2 Å². The Balaban J connectivity index is 4.63. The molecule has 34 heavy (non-hydrogen) atoms. The average molecular weight is 487 g/mol. The first kappa shape index (κ1) is 32.6. The third-order valence-corrected chi connectivity index (χ3v) is 5.26. The Kier molecular flexibility index (Phi) is 14.9. The minimum absolute atomic E-state index is 0.0112. The van der Waals surface area contributed by atoms with E-state index in [0.717, 1.165) is 24.8 Å². The number of ether oxygens (including phenoxy) is 4. The summed E-state index contributed by atoms with van der Waals surface area (Å²) in [7, 11) is 1.61. The van der Waals surface area contributed by atoms with Gasteiger partial charge in [-0.3, -0.25) is 9.59 Å². The van der Waals surface area contributed by atoms with Gasteiger partial charge in [0.25, 0.3) is 0 Å². The first-order valence-corrected chi connectivity index (χ1v) is 12.3. The van der Waals surface area contributed by atoms with Crippen LogP contribution in [0.25, 0.3) is 0 Å². The highest BCUT2D eigenvalue weighted by Crippen LogP contribution is 2.44. The third-order valence-electron chi connectivity index (χ3n) is 5.26. The molecule has 0 saturated heterocycles. The first-order valence-electron chi connectivity index (χ1n) is 12.3. The Morgan fingerprint density at radius 3 is 1.82 bits per heavy atom. The maximum Gasteiger partial charge on any atom is 0.309 e. The normalized spacial score (nSPS) is 13.5. The van der Waals surface area contributed by atoms with Crippen LogP contribution in [-0.4, -0.2) is 63.8 Å². The quantitative estimate of drug-likeness (QED) is 0.146. The lowest BCUT2D eigenvalue weighted by molar-refractivity contribution is -0.154. The molecule has 0 radical (unpaired) electrons. The summed E-state index contributed by atoms with van der Waals surface area (Å²) >= 11 is 0. The molecule has 0 aliphatic heterocycles. The molecule has 0 aliphatic rings. The van der Waals surface area contributed by atoms with Gasteiger partial charge in [-0.25, -0.2) is 0 Å². The lowest BCUT2D eigenvalue weighted by Crippen LogP contribution is -2.28. The van der Waals surface area contributed by atoms with Gasteiger partial charge in [0.1, 0.15) is 6.61 Å². The summed E-state index contributed by atoms with van der Waals surface area (Å²) in [5, 5.41) is 9.28. The number of carbonyl (C=O) groups excluding carboxylic acids is 1. The second-order valence-electron chi connectivity index (χ2n) is 12.1. The minimum Gasteiger partial charge on any atom is -0.481 e. The molecule has 0 aliphatic carbocycles. The summed E-state index contributed by atoms with van der Waals surface area (Å²) in [5.74, 6) is -2.29. The van der Waals surface area contributed by atoms with Gasteiger partial charge in [-0.2, -0.15) is 0 Å². The molecule has 0 aromatic rings. The maximum absolute atomic E-state index is 12.6. The zero-order valence-corrected chi connectivity index (χ0v) is 23.0. The summed E-state index contributed by atoms with van der Waals surface area (Å²) < 4.78 is 20.8. The molecular formula is C27H50O7. The Morgan fingerprint density at radius 1 is 0.794 bits per heavy atom. The molecule has 0 rings (SSSR count). The number of carboxylic acids is 1. The molecule has 0 spiro atoms. The average Bonchev–Trinajstić information content (AvgIpc) is 2.61. The Labute approximate surface area is 207 Å². The van der Waals surface area contributed by atoms with Crippen LogP contribution in [-0.2, 0) is 28.5 Å². The van der Waals surface area contributed by atoms with E-state index in [9.17, 15) is 14.7 Å². The van der Waals surface area contributed by atoms with Gasteiger partial charge in [0.2, 0.25) is 0 Å². The number of rotatable bonds is 19. The van der Waals surface area contributed by atoms with Crippen LogP contribution in [0.1, 0.15) is 80.6 Å². The van der Waals surface area contributed by atoms with Crippen LogP contribution in [0.5, 0.6) is 0 Å². The van der Waals surface area contributed by atoms with E-state index >= 15 is 0 Å². The van der Waals surface area contributed by atoms with Crippen molar-refractivity contribution in [3.8, 4) is 0 Å². The van der Waals surface area contributed by atoms with Gasteiger partial charge >= 0.3 is 11.9 Å². The summed E-state index contributed by atoms with van der Waals surface area (Å²) in [5.41, 5.74) is 1.27. The van der Waals surface area contributed by atoms with Crippen LogP contribution in [0.4, 0.5) is 0 Å². The zero-order chi connectivity index (χ0) is 26.4. The Morgan fingerprint density at radius 2 is 1.32 bits per heavy atom. The van der Waals surface area contributed by atoms with E-state index in [0.29, 0.717) is 32.8 Å². The van der Waals surface area contributed by atoms with Crippen LogP contribution in [0.15, 0.2) is 12.2 Å². The molecule has 1 N–H and O–H groups in total. The molecule has 7 heteroatoms. The van der Waals surface area contributed by atoms with E-state index < -0.39 is 17.9 Å². The topological polar surface area (TPSA) is 91.3 Å². The summed E-state index contributed by atoms with van der Waals surface area (Å²) in [6, 6.07) is 0. The molecule has 1 atom stereocenters. The van der Waals surface area contributed by atoms with Gasteiger partial charge < -0.3 is 24.1 Å². The highest BCUT2D eigenvalue weighted by molar-refractivity contribution is 5.79. The summed E-state index contributed by atoms with van der Waals surface area (Å²) in [6.07, 6.45) is 2.88. The summed E-state index contributed by atoms with van der Waals surface area (Å²) in [4.78, 5) is 23.9. The van der Waals surface area contributed by atoms with Gasteiger partial charge in [-0.15, -0.1) is 0 Å². The molecule has 0 heterocycles. The number of esters is 1. The van der Waals surface area contributed by atoms with Gasteiger partial charge in [0.15, 0.2) is 0 Å². The van der Waals surface area contributed by atoms with Crippen molar-refractivity contribution in [2.75, 3.05) is 46.8 Å². The number of allylic oxidation sites excluding steroid dienone is 1. The predicted molar refractivity (Wildman–Crippen MR) is 135 cm³/mol. The van der Waals surface area contributed by atoms with Crippen molar-refractivity contribution in [2.24, 2.45) is 22.2 Å². The highest BCUT2D eigenvalue weighted by Gasteiger charge is 2.33. The second-order valence-corrected chi connectivity index (χ2v) is 12.1. The monoisotopic (exact) mass is 486 g/mol. The van der Waals surface area contributed by atoms with E-state index in [-0.39, 0.29) is 35.9 Å². The fourth-order valence-electron chi connectivity index (χ4n) is 5.19. The molecule has 0 bridgehead atoms. The van der Waals surface area contributed by atoms with Gasteiger partial charge in [0.05, 0.1) is 45.4 Å². The SMILES string of the molecule is C=C(CC(CC(=O)O)C(=O)OCCOCCOCCOC)CC(C)(C)CC(C)(C)CC(C)(C)C. The van der Waals surface area contributed by atoms with Crippen molar-refractivity contribution in [1.82, 2.24) is 0 Å². The molecule has 0 aromatic heterocycles. The van der Waals surface area contributed by atoms with Crippen molar-refractivity contribution in [3.63, 3.8) is 0 Å². The second kappa shape index (κ2) is 15.5. The molecular weight excluding hydrogens is 436 g/mol. The standard InChI is InChI=1S/C27H50O7/c1-21(18-26(5,6)20-27(7,8)19-25(2,3)4)16-22(17-23(28)29)24(30)34-15-14-33-13-12-32-11-10-31-9/h22H,1,10-20H2,2-9H3,(H,28,29). The van der Waals surface area contributed by atoms with Gasteiger partial charge in [-0.1, -0.05) is 60.6 Å². The number of hydrogen-bond acceptors (Lipinski definition) is 6.